The quantitative estimate of drug-likeness (QED) is 0.554. The zero-order valence-corrected chi connectivity index (χ0v) is 12.3. The molecule has 0 aromatic carbocycles. The summed E-state index contributed by atoms with van der Waals surface area (Å²) < 4.78 is 0. The summed E-state index contributed by atoms with van der Waals surface area (Å²) >= 11 is 0. The predicted molar refractivity (Wildman–Crippen MR) is 77.4 cm³/mol. The molecule has 0 amide bonds. The number of rotatable bonds is 9. The average Bonchev–Trinajstić information content (AvgIpc) is 2.26. The Labute approximate surface area is 112 Å². The van der Waals surface area contributed by atoms with Crippen LogP contribution in [-0.2, 0) is 0 Å². The van der Waals surface area contributed by atoms with Crippen molar-refractivity contribution in [3.63, 3.8) is 0 Å². The SMILES string of the molecule is C=C(O)CCNC(=C)[C@H](O)C(C)(C)CC(C)CC. The largest absolute Gasteiger partial charge is 0.513 e. The summed E-state index contributed by atoms with van der Waals surface area (Å²) in [7, 11) is 0. The van der Waals surface area contributed by atoms with Gasteiger partial charge in [0.25, 0.3) is 0 Å². The van der Waals surface area contributed by atoms with Gasteiger partial charge in [0, 0.05) is 18.7 Å². The second-order valence-electron chi connectivity index (χ2n) is 5.88. The van der Waals surface area contributed by atoms with Crippen LogP contribution in [0.2, 0.25) is 0 Å². The van der Waals surface area contributed by atoms with Crippen LogP contribution < -0.4 is 5.32 Å². The van der Waals surface area contributed by atoms with Crippen LogP contribution in [-0.4, -0.2) is 22.9 Å². The van der Waals surface area contributed by atoms with E-state index in [4.69, 9.17) is 5.11 Å². The third kappa shape index (κ3) is 6.10. The highest BCUT2D eigenvalue weighted by Crippen LogP contribution is 2.32. The molecule has 0 aliphatic heterocycles. The van der Waals surface area contributed by atoms with Gasteiger partial charge in [-0.2, -0.15) is 0 Å². The summed E-state index contributed by atoms with van der Waals surface area (Å²) in [6.45, 7) is 16.3. The maximum absolute atomic E-state index is 10.3. The van der Waals surface area contributed by atoms with Crippen molar-refractivity contribution in [1.29, 1.82) is 0 Å². The molecule has 0 bridgehead atoms. The van der Waals surface area contributed by atoms with E-state index in [9.17, 15) is 5.11 Å². The second-order valence-corrected chi connectivity index (χ2v) is 5.88. The molecule has 0 saturated heterocycles. The van der Waals surface area contributed by atoms with Gasteiger partial charge < -0.3 is 15.5 Å². The fraction of sp³-hybridized carbons (Fsp3) is 0.733. The lowest BCUT2D eigenvalue weighted by molar-refractivity contribution is 0.0566. The fourth-order valence-corrected chi connectivity index (χ4v) is 2.09. The molecule has 0 rings (SSSR count). The summed E-state index contributed by atoms with van der Waals surface area (Å²) in [6.07, 6.45) is 1.95. The van der Waals surface area contributed by atoms with Gasteiger partial charge in [-0.3, -0.25) is 0 Å². The van der Waals surface area contributed by atoms with E-state index < -0.39 is 6.10 Å². The number of hydrogen-bond acceptors (Lipinski definition) is 3. The molecule has 0 aliphatic carbocycles. The van der Waals surface area contributed by atoms with Gasteiger partial charge in [0.15, 0.2) is 0 Å². The van der Waals surface area contributed by atoms with Crippen molar-refractivity contribution in [1.82, 2.24) is 5.32 Å². The lowest BCUT2D eigenvalue weighted by Crippen LogP contribution is -2.37. The van der Waals surface area contributed by atoms with Crippen molar-refractivity contribution in [2.45, 2.75) is 53.1 Å². The van der Waals surface area contributed by atoms with Crippen molar-refractivity contribution in [3.8, 4) is 0 Å². The Morgan fingerprint density at radius 2 is 1.89 bits per heavy atom. The van der Waals surface area contributed by atoms with E-state index in [2.05, 4.69) is 46.2 Å². The van der Waals surface area contributed by atoms with Crippen LogP contribution in [0.5, 0.6) is 0 Å². The van der Waals surface area contributed by atoms with Gasteiger partial charge in [0.1, 0.15) is 0 Å². The van der Waals surface area contributed by atoms with Crippen LogP contribution in [0.25, 0.3) is 0 Å². The molecular formula is C15H29NO2. The molecule has 3 heteroatoms. The van der Waals surface area contributed by atoms with Crippen LogP contribution in [0, 0.1) is 11.3 Å². The number of aliphatic hydroxyl groups excluding tert-OH is 2. The van der Waals surface area contributed by atoms with Gasteiger partial charge in [0.05, 0.1) is 11.9 Å². The Balaban J connectivity index is 4.29. The molecule has 18 heavy (non-hydrogen) atoms. The van der Waals surface area contributed by atoms with E-state index in [1.807, 2.05) is 0 Å². The molecule has 106 valence electrons. The molecule has 0 aliphatic rings. The fourth-order valence-electron chi connectivity index (χ4n) is 2.09. The van der Waals surface area contributed by atoms with Crippen molar-refractivity contribution < 1.29 is 10.2 Å². The number of aliphatic hydroxyl groups is 2. The molecule has 3 nitrogen and oxygen atoms in total. The lowest BCUT2D eigenvalue weighted by Gasteiger charge is -2.34. The van der Waals surface area contributed by atoms with E-state index in [0.717, 1.165) is 12.8 Å². The second kappa shape index (κ2) is 7.47. The van der Waals surface area contributed by atoms with E-state index in [1.165, 1.54) is 0 Å². The van der Waals surface area contributed by atoms with E-state index in [1.54, 1.807) is 0 Å². The highest BCUT2D eigenvalue weighted by atomic mass is 16.3. The highest BCUT2D eigenvalue weighted by molar-refractivity contribution is 5.05. The molecule has 0 heterocycles. The summed E-state index contributed by atoms with van der Waals surface area (Å²) in [5, 5.41) is 22.3. The molecule has 0 aromatic rings. The molecule has 0 radical (unpaired) electrons. The normalized spacial score (nSPS) is 14.9. The number of hydrogen-bond donors (Lipinski definition) is 3. The van der Waals surface area contributed by atoms with Crippen LogP contribution in [0.3, 0.4) is 0 Å². The average molecular weight is 255 g/mol. The topological polar surface area (TPSA) is 52.5 Å². The lowest BCUT2D eigenvalue weighted by atomic mass is 9.77. The Kier molecular flexibility index (Phi) is 7.07. The summed E-state index contributed by atoms with van der Waals surface area (Å²) in [5.41, 5.74) is 0.417. The minimum Gasteiger partial charge on any atom is -0.513 e. The van der Waals surface area contributed by atoms with Gasteiger partial charge in [0.2, 0.25) is 0 Å². The third-order valence-corrected chi connectivity index (χ3v) is 3.41. The summed E-state index contributed by atoms with van der Waals surface area (Å²) in [5.74, 6) is 0.725. The molecule has 2 atom stereocenters. The predicted octanol–water partition coefficient (Wildman–Crippen LogP) is 3.37. The molecule has 0 spiro atoms. The zero-order valence-electron chi connectivity index (χ0n) is 12.3. The van der Waals surface area contributed by atoms with Gasteiger partial charge in [-0.05, 0) is 17.8 Å². The Morgan fingerprint density at radius 3 is 2.33 bits per heavy atom. The first-order valence-electron chi connectivity index (χ1n) is 6.68. The molecule has 0 fully saturated rings. The standard InChI is InChI=1S/C15H29NO2/c1-7-11(2)10-15(5,6)14(18)13(4)16-9-8-12(3)17/h11,14,16-18H,3-4,7-10H2,1-2,5-6H3/t11?,14-/m0/s1. The summed E-state index contributed by atoms with van der Waals surface area (Å²) in [4.78, 5) is 0. The first-order chi connectivity index (χ1) is 8.20. The Hall–Kier alpha value is -0.960. The third-order valence-electron chi connectivity index (χ3n) is 3.41. The number of nitrogens with one attached hydrogen (secondary N) is 1. The minimum atomic E-state index is -0.585. The van der Waals surface area contributed by atoms with E-state index in [0.29, 0.717) is 24.6 Å². The highest BCUT2D eigenvalue weighted by Gasteiger charge is 2.31. The maximum Gasteiger partial charge on any atom is 0.0979 e. The van der Waals surface area contributed by atoms with Crippen molar-refractivity contribution in [2.75, 3.05) is 6.54 Å². The monoisotopic (exact) mass is 255 g/mol. The Morgan fingerprint density at radius 1 is 1.33 bits per heavy atom. The molecule has 3 N–H and O–H groups in total. The van der Waals surface area contributed by atoms with Crippen molar-refractivity contribution in [2.24, 2.45) is 11.3 Å². The smallest absolute Gasteiger partial charge is 0.0979 e. The van der Waals surface area contributed by atoms with Gasteiger partial charge in [-0.1, -0.05) is 47.3 Å². The van der Waals surface area contributed by atoms with Gasteiger partial charge in [-0.15, -0.1) is 0 Å². The first-order valence-corrected chi connectivity index (χ1v) is 6.68. The van der Waals surface area contributed by atoms with Gasteiger partial charge >= 0.3 is 0 Å². The minimum absolute atomic E-state index is 0.142. The van der Waals surface area contributed by atoms with Crippen LogP contribution in [0.15, 0.2) is 24.6 Å². The molecule has 0 saturated carbocycles. The molecule has 1 unspecified atom stereocenters. The molecule has 0 aromatic heterocycles. The zero-order chi connectivity index (χ0) is 14.3. The van der Waals surface area contributed by atoms with E-state index in [-0.39, 0.29) is 11.2 Å². The van der Waals surface area contributed by atoms with Crippen molar-refractivity contribution >= 4 is 0 Å². The maximum atomic E-state index is 10.3. The molecular weight excluding hydrogens is 226 g/mol. The van der Waals surface area contributed by atoms with Crippen LogP contribution in [0.1, 0.15) is 47.0 Å². The summed E-state index contributed by atoms with van der Waals surface area (Å²) in [6, 6.07) is 0. The Bertz CT molecular complexity index is 284. The van der Waals surface area contributed by atoms with Crippen molar-refractivity contribution in [3.05, 3.63) is 24.6 Å². The first kappa shape index (κ1) is 17.0. The van der Waals surface area contributed by atoms with Gasteiger partial charge in [-0.25, -0.2) is 0 Å². The van der Waals surface area contributed by atoms with Crippen LogP contribution >= 0.6 is 0 Å². The van der Waals surface area contributed by atoms with Crippen LogP contribution in [0.4, 0.5) is 0 Å². The van der Waals surface area contributed by atoms with E-state index >= 15 is 0 Å².